The Morgan fingerprint density at radius 2 is 2.17 bits per heavy atom. The summed E-state index contributed by atoms with van der Waals surface area (Å²) in [6.45, 7) is 5.06. The molecule has 0 aromatic heterocycles. The summed E-state index contributed by atoms with van der Waals surface area (Å²) < 4.78 is 10.6. The molecule has 0 atom stereocenters. The molecule has 0 aliphatic rings. The van der Waals surface area contributed by atoms with Crippen LogP contribution in [0.15, 0.2) is 12.1 Å². The minimum absolute atomic E-state index is 0.166. The molecule has 0 aliphatic carbocycles. The first-order valence-corrected chi connectivity index (χ1v) is 6.12. The largest absolute Gasteiger partial charge is 0.493 e. The van der Waals surface area contributed by atoms with Gasteiger partial charge in [0.15, 0.2) is 11.5 Å². The van der Waals surface area contributed by atoms with Gasteiger partial charge in [0.2, 0.25) is 0 Å². The van der Waals surface area contributed by atoms with Gasteiger partial charge in [0, 0.05) is 12.6 Å². The molecule has 0 saturated heterocycles. The maximum atomic E-state index is 6.16. The van der Waals surface area contributed by atoms with Crippen LogP contribution in [0.2, 0.25) is 5.02 Å². The first-order valence-electron chi connectivity index (χ1n) is 5.74. The SMILES string of the molecule is C#CCOc1c(Cl)cc(CNC(C)C)cc1OC. The molecule has 0 radical (unpaired) electrons. The average molecular weight is 268 g/mol. The van der Waals surface area contributed by atoms with Crippen molar-refractivity contribution in [1.82, 2.24) is 5.32 Å². The van der Waals surface area contributed by atoms with Crippen LogP contribution in [-0.4, -0.2) is 19.8 Å². The van der Waals surface area contributed by atoms with E-state index in [1.807, 2.05) is 12.1 Å². The molecule has 1 aromatic rings. The zero-order valence-corrected chi connectivity index (χ0v) is 11.7. The van der Waals surface area contributed by atoms with Gasteiger partial charge in [0.1, 0.15) is 6.61 Å². The van der Waals surface area contributed by atoms with Crippen molar-refractivity contribution in [3.05, 3.63) is 22.7 Å². The van der Waals surface area contributed by atoms with Crippen LogP contribution in [0.3, 0.4) is 0 Å². The highest BCUT2D eigenvalue weighted by Gasteiger charge is 2.11. The van der Waals surface area contributed by atoms with E-state index in [2.05, 4.69) is 25.1 Å². The summed E-state index contributed by atoms with van der Waals surface area (Å²) >= 11 is 6.16. The van der Waals surface area contributed by atoms with E-state index in [9.17, 15) is 0 Å². The molecule has 0 bridgehead atoms. The minimum atomic E-state index is 0.166. The number of hydrogen-bond acceptors (Lipinski definition) is 3. The minimum Gasteiger partial charge on any atom is -0.493 e. The van der Waals surface area contributed by atoms with E-state index < -0.39 is 0 Å². The lowest BCUT2D eigenvalue weighted by Crippen LogP contribution is -2.21. The van der Waals surface area contributed by atoms with Crippen LogP contribution in [-0.2, 0) is 6.54 Å². The van der Waals surface area contributed by atoms with Crippen molar-refractivity contribution in [1.29, 1.82) is 0 Å². The van der Waals surface area contributed by atoms with E-state index in [0.717, 1.165) is 12.1 Å². The highest BCUT2D eigenvalue weighted by Crippen LogP contribution is 2.36. The second kappa shape index (κ2) is 7.15. The standard InChI is InChI=1S/C14H18ClNO2/c1-5-6-18-14-12(15)7-11(8-13(14)17-4)9-16-10(2)3/h1,7-8,10,16H,6,9H2,2-4H3. The lowest BCUT2D eigenvalue weighted by Gasteiger charge is -2.14. The van der Waals surface area contributed by atoms with E-state index in [0.29, 0.717) is 22.6 Å². The molecule has 0 amide bonds. The zero-order valence-electron chi connectivity index (χ0n) is 10.9. The summed E-state index contributed by atoms with van der Waals surface area (Å²) in [5.41, 5.74) is 1.04. The lowest BCUT2D eigenvalue weighted by molar-refractivity contribution is 0.330. The maximum absolute atomic E-state index is 6.16. The Morgan fingerprint density at radius 1 is 1.44 bits per heavy atom. The maximum Gasteiger partial charge on any atom is 0.181 e. The predicted octanol–water partition coefficient (Wildman–Crippen LogP) is 2.86. The Morgan fingerprint density at radius 3 is 2.72 bits per heavy atom. The molecule has 0 spiro atoms. The molecule has 18 heavy (non-hydrogen) atoms. The Hall–Kier alpha value is -1.37. The fourth-order valence-corrected chi connectivity index (χ4v) is 1.74. The molecule has 98 valence electrons. The summed E-state index contributed by atoms with van der Waals surface area (Å²) in [6, 6.07) is 4.16. The van der Waals surface area contributed by atoms with Crippen molar-refractivity contribution in [2.24, 2.45) is 0 Å². The van der Waals surface area contributed by atoms with Gasteiger partial charge in [0.25, 0.3) is 0 Å². The van der Waals surface area contributed by atoms with Gasteiger partial charge in [-0.1, -0.05) is 31.4 Å². The third kappa shape index (κ3) is 4.14. The van der Waals surface area contributed by atoms with Gasteiger partial charge in [-0.3, -0.25) is 0 Å². The van der Waals surface area contributed by atoms with Gasteiger partial charge >= 0.3 is 0 Å². The molecule has 4 heteroatoms. The molecule has 0 fully saturated rings. The topological polar surface area (TPSA) is 30.5 Å². The molecule has 1 aromatic carbocycles. The molecular formula is C14H18ClNO2. The van der Waals surface area contributed by atoms with Gasteiger partial charge in [0.05, 0.1) is 12.1 Å². The van der Waals surface area contributed by atoms with E-state index >= 15 is 0 Å². The quantitative estimate of drug-likeness (QED) is 0.804. The summed E-state index contributed by atoms with van der Waals surface area (Å²) in [5, 5.41) is 3.82. The first kappa shape index (κ1) is 14.7. The third-order valence-electron chi connectivity index (χ3n) is 2.30. The summed E-state index contributed by atoms with van der Waals surface area (Å²) in [7, 11) is 1.58. The predicted molar refractivity (Wildman–Crippen MR) is 74.3 cm³/mol. The Kier molecular flexibility index (Phi) is 5.84. The van der Waals surface area contributed by atoms with Crippen LogP contribution in [0.4, 0.5) is 0 Å². The van der Waals surface area contributed by atoms with Crippen molar-refractivity contribution in [2.45, 2.75) is 26.4 Å². The molecule has 0 aliphatic heterocycles. The fraction of sp³-hybridized carbons (Fsp3) is 0.429. The number of methoxy groups -OCH3 is 1. The number of benzene rings is 1. The average Bonchev–Trinajstić information content (AvgIpc) is 2.34. The Bertz CT molecular complexity index is 438. The number of ether oxygens (including phenoxy) is 2. The van der Waals surface area contributed by atoms with Crippen molar-refractivity contribution in [3.8, 4) is 23.8 Å². The highest BCUT2D eigenvalue weighted by molar-refractivity contribution is 6.32. The molecule has 3 nitrogen and oxygen atoms in total. The smallest absolute Gasteiger partial charge is 0.181 e. The number of terminal acetylenes is 1. The number of nitrogens with one attached hydrogen (secondary N) is 1. The summed E-state index contributed by atoms with van der Waals surface area (Å²) in [5.74, 6) is 3.49. The number of rotatable bonds is 6. The molecule has 0 saturated carbocycles. The van der Waals surface area contributed by atoms with Gasteiger partial charge in [-0.25, -0.2) is 0 Å². The van der Waals surface area contributed by atoms with Crippen molar-refractivity contribution in [2.75, 3.05) is 13.7 Å². The van der Waals surface area contributed by atoms with Gasteiger partial charge in [-0.15, -0.1) is 6.42 Å². The number of halogens is 1. The second-order valence-electron chi connectivity index (χ2n) is 4.14. The zero-order chi connectivity index (χ0) is 13.5. The Labute approximate surface area is 113 Å². The molecule has 0 heterocycles. The lowest BCUT2D eigenvalue weighted by atomic mass is 10.2. The van der Waals surface area contributed by atoms with E-state index in [1.54, 1.807) is 7.11 Å². The second-order valence-corrected chi connectivity index (χ2v) is 4.54. The van der Waals surface area contributed by atoms with Gasteiger partial charge in [-0.2, -0.15) is 0 Å². The van der Waals surface area contributed by atoms with E-state index in [1.165, 1.54) is 0 Å². The summed E-state index contributed by atoms with van der Waals surface area (Å²) in [4.78, 5) is 0. The molecule has 1 rings (SSSR count). The van der Waals surface area contributed by atoms with Crippen LogP contribution in [0.5, 0.6) is 11.5 Å². The van der Waals surface area contributed by atoms with Crippen molar-refractivity contribution in [3.63, 3.8) is 0 Å². The molecule has 0 unspecified atom stereocenters. The highest BCUT2D eigenvalue weighted by atomic mass is 35.5. The van der Waals surface area contributed by atoms with Crippen molar-refractivity contribution < 1.29 is 9.47 Å². The van der Waals surface area contributed by atoms with Crippen LogP contribution in [0.25, 0.3) is 0 Å². The van der Waals surface area contributed by atoms with Crippen LogP contribution >= 0.6 is 11.6 Å². The Balaban J connectivity index is 2.92. The van der Waals surface area contributed by atoms with Crippen LogP contribution < -0.4 is 14.8 Å². The monoisotopic (exact) mass is 267 g/mol. The van der Waals surface area contributed by atoms with Gasteiger partial charge < -0.3 is 14.8 Å². The first-order chi connectivity index (χ1) is 8.58. The van der Waals surface area contributed by atoms with Gasteiger partial charge in [-0.05, 0) is 17.7 Å². The fourth-order valence-electron chi connectivity index (χ4n) is 1.45. The number of hydrogen-bond donors (Lipinski definition) is 1. The molecular weight excluding hydrogens is 250 g/mol. The van der Waals surface area contributed by atoms with Crippen LogP contribution in [0, 0.1) is 12.3 Å². The summed E-state index contributed by atoms with van der Waals surface area (Å²) in [6.07, 6.45) is 5.16. The molecule has 1 N–H and O–H groups in total. The van der Waals surface area contributed by atoms with E-state index in [4.69, 9.17) is 27.5 Å². The van der Waals surface area contributed by atoms with Crippen LogP contribution in [0.1, 0.15) is 19.4 Å². The van der Waals surface area contributed by atoms with E-state index in [-0.39, 0.29) is 6.61 Å². The van der Waals surface area contributed by atoms with Crippen molar-refractivity contribution >= 4 is 11.6 Å². The normalized spacial score (nSPS) is 10.2. The third-order valence-corrected chi connectivity index (χ3v) is 2.58.